The first kappa shape index (κ1) is 19.7. The number of anilines is 1. The number of aryl methyl sites for hydroxylation is 1. The Hall–Kier alpha value is -3.08. The molecule has 1 amide bonds. The molecule has 0 spiro atoms. The molecule has 0 saturated heterocycles. The van der Waals surface area contributed by atoms with Crippen LogP contribution in [0.1, 0.15) is 12.7 Å². The summed E-state index contributed by atoms with van der Waals surface area (Å²) in [5.74, 6) is 6.82. The predicted octanol–water partition coefficient (Wildman–Crippen LogP) is 3.28. The molecule has 0 aliphatic carbocycles. The summed E-state index contributed by atoms with van der Waals surface area (Å²) in [6, 6.07) is 7.36. The monoisotopic (exact) mass is 409 g/mol. The number of benzene rings is 1. The molecule has 0 aliphatic heterocycles. The number of hydrogen-bond donors (Lipinski definition) is 2. The molecule has 1 unspecified atom stereocenters. The van der Waals surface area contributed by atoms with E-state index in [0.717, 1.165) is 11.8 Å². The van der Waals surface area contributed by atoms with Crippen LogP contribution in [0.25, 0.3) is 11.4 Å². The molecule has 1 aromatic carbocycles. The molecule has 2 heterocycles. The number of aromatic nitrogens is 3. The third-order valence-electron chi connectivity index (χ3n) is 3.76. The SMILES string of the molecule is Cc1occc1-c1nnc(SC(C)C(=O)Nc2ccc(OC(F)F)cc2)n1N. The molecule has 3 aromatic rings. The minimum Gasteiger partial charge on any atom is -0.469 e. The van der Waals surface area contributed by atoms with Crippen molar-refractivity contribution in [1.29, 1.82) is 0 Å². The van der Waals surface area contributed by atoms with E-state index in [1.807, 2.05) is 0 Å². The van der Waals surface area contributed by atoms with E-state index < -0.39 is 11.9 Å². The standard InChI is InChI=1S/C17H17F2N5O3S/c1-9-13(7-8-26-9)14-22-23-17(24(14)20)28-10(2)15(25)21-11-3-5-12(6-4-11)27-16(18)19/h3-8,10,16H,20H2,1-2H3,(H,21,25). The molecule has 3 rings (SSSR count). The zero-order valence-corrected chi connectivity index (χ0v) is 15.7. The normalized spacial score (nSPS) is 12.2. The molecule has 0 radical (unpaired) electrons. The van der Waals surface area contributed by atoms with Gasteiger partial charge in [-0.3, -0.25) is 4.79 Å². The Bertz CT molecular complexity index is 958. The Morgan fingerprint density at radius 2 is 2.00 bits per heavy atom. The zero-order chi connectivity index (χ0) is 20.3. The number of carbonyl (C=O) groups is 1. The summed E-state index contributed by atoms with van der Waals surface area (Å²) in [5.41, 5.74) is 1.16. The fourth-order valence-corrected chi connectivity index (χ4v) is 3.10. The lowest BCUT2D eigenvalue weighted by atomic mass is 10.2. The van der Waals surface area contributed by atoms with Gasteiger partial charge < -0.3 is 20.3 Å². The number of ether oxygens (including phenoxy) is 1. The summed E-state index contributed by atoms with van der Waals surface area (Å²) in [6.07, 6.45) is 1.53. The second kappa shape index (κ2) is 8.30. The van der Waals surface area contributed by atoms with Crippen molar-refractivity contribution in [2.45, 2.75) is 30.9 Å². The number of amides is 1. The van der Waals surface area contributed by atoms with Crippen molar-refractivity contribution in [1.82, 2.24) is 14.9 Å². The van der Waals surface area contributed by atoms with E-state index in [4.69, 9.17) is 10.3 Å². The molecule has 1 atom stereocenters. The van der Waals surface area contributed by atoms with Crippen molar-refractivity contribution in [3.8, 4) is 17.1 Å². The maximum atomic E-state index is 12.4. The van der Waals surface area contributed by atoms with Crippen LogP contribution in [-0.2, 0) is 4.79 Å². The number of carbonyl (C=O) groups excluding carboxylic acids is 1. The van der Waals surface area contributed by atoms with Crippen LogP contribution < -0.4 is 15.9 Å². The lowest BCUT2D eigenvalue weighted by Gasteiger charge is -2.12. The summed E-state index contributed by atoms with van der Waals surface area (Å²) >= 11 is 1.13. The summed E-state index contributed by atoms with van der Waals surface area (Å²) < 4.78 is 35.1. The quantitative estimate of drug-likeness (QED) is 0.455. The Morgan fingerprint density at radius 3 is 2.61 bits per heavy atom. The van der Waals surface area contributed by atoms with Crippen molar-refractivity contribution in [3.05, 3.63) is 42.4 Å². The van der Waals surface area contributed by atoms with Gasteiger partial charge in [0.05, 0.1) is 17.1 Å². The van der Waals surface area contributed by atoms with Crippen LogP contribution in [0.3, 0.4) is 0 Å². The van der Waals surface area contributed by atoms with Gasteiger partial charge in [0.1, 0.15) is 11.5 Å². The van der Waals surface area contributed by atoms with Crippen LogP contribution in [0.4, 0.5) is 14.5 Å². The van der Waals surface area contributed by atoms with Gasteiger partial charge in [-0.1, -0.05) is 11.8 Å². The summed E-state index contributed by atoms with van der Waals surface area (Å²) in [6.45, 7) is 0.567. The minimum absolute atomic E-state index is 0.00808. The molecule has 11 heteroatoms. The van der Waals surface area contributed by atoms with Gasteiger partial charge in [0.15, 0.2) is 5.82 Å². The van der Waals surface area contributed by atoms with E-state index in [2.05, 4.69) is 20.3 Å². The molecule has 148 valence electrons. The van der Waals surface area contributed by atoms with Crippen molar-refractivity contribution < 1.29 is 22.7 Å². The van der Waals surface area contributed by atoms with Gasteiger partial charge in [-0.25, -0.2) is 4.68 Å². The number of furan rings is 1. The molecular formula is C17H17F2N5O3S. The number of rotatable bonds is 7. The summed E-state index contributed by atoms with van der Waals surface area (Å²) in [5, 5.41) is 10.6. The Kier molecular flexibility index (Phi) is 5.83. The molecule has 0 bridgehead atoms. The number of halogens is 2. The van der Waals surface area contributed by atoms with E-state index in [9.17, 15) is 13.6 Å². The number of alkyl halides is 2. The second-order valence-electron chi connectivity index (χ2n) is 5.72. The molecule has 0 fully saturated rings. The molecule has 2 aromatic heterocycles. The van der Waals surface area contributed by atoms with Crippen LogP contribution >= 0.6 is 11.8 Å². The van der Waals surface area contributed by atoms with Crippen LogP contribution in [0, 0.1) is 6.92 Å². The topological polar surface area (TPSA) is 108 Å². The van der Waals surface area contributed by atoms with Crippen LogP contribution in [-0.4, -0.2) is 32.6 Å². The largest absolute Gasteiger partial charge is 0.469 e. The van der Waals surface area contributed by atoms with Crippen LogP contribution in [0.15, 0.2) is 46.2 Å². The number of nitrogen functional groups attached to an aromatic ring is 1. The van der Waals surface area contributed by atoms with Crippen LogP contribution in [0.5, 0.6) is 5.75 Å². The molecular weight excluding hydrogens is 392 g/mol. The average molecular weight is 409 g/mol. The summed E-state index contributed by atoms with van der Waals surface area (Å²) in [4.78, 5) is 12.4. The molecule has 0 aliphatic rings. The highest BCUT2D eigenvalue weighted by molar-refractivity contribution is 8.00. The number of hydrogen-bond acceptors (Lipinski definition) is 7. The van der Waals surface area contributed by atoms with Crippen molar-refractivity contribution >= 4 is 23.4 Å². The maximum Gasteiger partial charge on any atom is 0.387 e. The first-order chi connectivity index (χ1) is 13.3. The third kappa shape index (κ3) is 4.42. The molecule has 0 saturated carbocycles. The predicted molar refractivity (Wildman–Crippen MR) is 99.6 cm³/mol. The maximum absolute atomic E-state index is 12.4. The second-order valence-corrected chi connectivity index (χ2v) is 7.03. The van der Waals surface area contributed by atoms with E-state index in [0.29, 0.717) is 28.0 Å². The van der Waals surface area contributed by atoms with Gasteiger partial charge in [-0.05, 0) is 44.2 Å². The number of nitrogens with one attached hydrogen (secondary N) is 1. The third-order valence-corrected chi connectivity index (χ3v) is 4.82. The Morgan fingerprint density at radius 1 is 1.29 bits per heavy atom. The van der Waals surface area contributed by atoms with Gasteiger partial charge in [-0.15, -0.1) is 10.2 Å². The fraction of sp³-hybridized carbons (Fsp3) is 0.235. The van der Waals surface area contributed by atoms with Gasteiger partial charge in [0.2, 0.25) is 11.1 Å². The molecule has 3 N–H and O–H groups in total. The fourth-order valence-electron chi connectivity index (χ4n) is 2.33. The van der Waals surface area contributed by atoms with Crippen molar-refractivity contribution in [2.75, 3.05) is 11.2 Å². The van der Waals surface area contributed by atoms with Gasteiger partial charge >= 0.3 is 6.61 Å². The Labute approximate surface area is 163 Å². The van der Waals surface area contributed by atoms with Crippen LogP contribution in [0.2, 0.25) is 0 Å². The number of nitrogens with two attached hydrogens (primary N) is 1. The number of nitrogens with zero attached hydrogens (tertiary/aromatic N) is 3. The van der Waals surface area contributed by atoms with Crippen molar-refractivity contribution in [3.63, 3.8) is 0 Å². The Balaban J connectivity index is 1.63. The average Bonchev–Trinajstić information content (AvgIpc) is 3.22. The highest BCUT2D eigenvalue weighted by atomic mass is 32.2. The number of thioether (sulfide) groups is 1. The lowest BCUT2D eigenvalue weighted by Crippen LogP contribution is -2.23. The molecule has 28 heavy (non-hydrogen) atoms. The first-order valence-corrected chi connectivity index (χ1v) is 9.00. The van der Waals surface area contributed by atoms with Gasteiger partial charge in [-0.2, -0.15) is 8.78 Å². The highest BCUT2D eigenvalue weighted by Gasteiger charge is 2.21. The van der Waals surface area contributed by atoms with E-state index >= 15 is 0 Å². The van der Waals surface area contributed by atoms with E-state index in [1.54, 1.807) is 19.9 Å². The summed E-state index contributed by atoms with van der Waals surface area (Å²) in [7, 11) is 0. The van der Waals surface area contributed by atoms with Gasteiger partial charge in [0, 0.05) is 5.69 Å². The zero-order valence-electron chi connectivity index (χ0n) is 14.9. The first-order valence-electron chi connectivity index (χ1n) is 8.12. The highest BCUT2D eigenvalue weighted by Crippen LogP contribution is 2.27. The van der Waals surface area contributed by atoms with E-state index in [1.165, 1.54) is 35.2 Å². The van der Waals surface area contributed by atoms with Gasteiger partial charge in [0.25, 0.3) is 0 Å². The minimum atomic E-state index is -2.90. The smallest absolute Gasteiger partial charge is 0.387 e. The van der Waals surface area contributed by atoms with Crippen molar-refractivity contribution in [2.24, 2.45) is 0 Å². The lowest BCUT2D eigenvalue weighted by molar-refractivity contribution is -0.115. The molecule has 8 nitrogen and oxygen atoms in total. The van der Waals surface area contributed by atoms with E-state index in [-0.39, 0.29) is 11.7 Å².